The van der Waals surface area contributed by atoms with Crippen molar-refractivity contribution in [2.24, 2.45) is 0 Å². The van der Waals surface area contributed by atoms with Gasteiger partial charge in [-0.15, -0.1) is 11.3 Å². The first-order valence-electron chi connectivity index (χ1n) is 16.3. The molecule has 7 aromatic carbocycles. The molecule has 10 aromatic rings. The molecule has 0 bridgehead atoms. The van der Waals surface area contributed by atoms with E-state index in [1.807, 2.05) is 12.4 Å². The van der Waals surface area contributed by atoms with Gasteiger partial charge in [0.25, 0.3) is 0 Å². The van der Waals surface area contributed by atoms with Crippen molar-refractivity contribution in [1.29, 1.82) is 0 Å². The fourth-order valence-corrected chi connectivity index (χ4v) is 8.13. The van der Waals surface area contributed by atoms with Crippen LogP contribution < -0.4 is 0 Å². The molecule has 0 aliphatic carbocycles. The van der Waals surface area contributed by atoms with Gasteiger partial charge in [0.1, 0.15) is 0 Å². The molecule has 49 heavy (non-hydrogen) atoms. The van der Waals surface area contributed by atoms with E-state index in [2.05, 4.69) is 151 Å². The minimum absolute atomic E-state index is 0.644. The van der Waals surface area contributed by atoms with Crippen molar-refractivity contribution in [3.63, 3.8) is 0 Å². The largest absolute Gasteiger partial charge is 0.263 e. The summed E-state index contributed by atoms with van der Waals surface area (Å²) >= 11 is 1.79. The second-order valence-electron chi connectivity index (χ2n) is 12.3. The molecule has 0 fully saturated rings. The Labute approximate surface area is 286 Å². The van der Waals surface area contributed by atoms with Gasteiger partial charge in [-0.1, -0.05) is 127 Å². The summed E-state index contributed by atoms with van der Waals surface area (Å²) in [7, 11) is 0. The molecule has 0 amide bonds. The number of benzene rings is 7. The molecule has 0 aliphatic heterocycles. The Balaban J connectivity index is 1.12. The van der Waals surface area contributed by atoms with Gasteiger partial charge in [-0.2, -0.15) is 0 Å². The molecular weight excluding hydrogens is 617 g/mol. The molecule has 0 atom stereocenters. The van der Waals surface area contributed by atoms with Crippen LogP contribution in [0.15, 0.2) is 158 Å². The van der Waals surface area contributed by atoms with Crippen LogP contribution in [-0.4, -0.2) is 19.9 Å². The van der Waals surface area contributed by atoms with Crippen LogP contribution in [0.3, 0.4) is 0 Å². The highest BCUT2D eigenvalue weighted by molar-refractivity contribution is 7.26. The summed E-state index contributed by atoms with van der Waals surface area (Å²) < 4.78 is 2.47. The normalized spacial score (nSPS) is 11.7. The molecule has 3 heterocycles. The predicted octanol–water partition coefficient (Wildman–Crippen LogP) is 11.8. The van der Waals surface area contributed by atoms with Crippen LogP contribution in [0, 0.1) is 0 Å². The number of thiophene rings is 1. The van der Waals surface area contributed by atoms with E-state index in [0.29, 0.717) is 17.5 Å². The van der Waals surface area contributed by atoms with Crippen molar-refractivity contribution in [2.45, 2.75) is 0 Å². The number of aromatic nitrogens is 4. The average molecular weight is 643 g/mol. The average Bonchev–Trinajstić information content (AvgIpc) is 3.56. The van der Waals surface area contributed by atoms with Gasteiger partial charge in [0, 0.05) is 44.6 Å². The molecule has 0 saturated heterocycles. The molecule has 0 spiro atoms. The highest BCUT2D eigenvalue weighted by Crippen LogP contribution is 2.39. The Morgan fingerprint density at radius 2 is 1.00 bits per heavy atom. The molecule has 5 heteroatoms. The zero-order chi connectivity index (χ0) is 32.3. The first kappa shape index (κ1) is 27.8. The van der Waals surface area contributed by atoms with Crippen molar-refractivity contribution in [3.05, 3.63) is 158 Å². The lowest BCUT2D eigenvalue weighted by atomic mass is 9.97. The van der Waals surface area contributed by atoms with Crippen LogP contribution in [0.4, 0.5) is 0 Å². The summed E-state index contributed by atoms with van der Waals surface area (Å²) in [5.74, 6) is 1.94. The predicted molar refractivity (Wildman–Crippen MR) is 205 cm³/mol. The summed E-state index contributed by atoms with van der Waals surface area (Å²) in [5, 5.41) is 9.67. The van der Waals surface area contributed by atoms with Crippen molar-refractivity contribution >= 4 is 63.8 Å². The second kappa shape index (κ2) is 11.2. The summed E-state index contributed by atoms with van der Waals surface area (Å²) in [6.45, 7) is 0. The Kier molecular flexibility index (Phi) is 6.32. The van der Waals surface area contributed by atoms with E-state index in [4.69, 9.17) is 15.0 Å². The summed E-state index contributed by atoms with van der Waals surface area (Å²) in [6.07, 6.45) is 3.82. The fraction of sp³-hybridized carbons (Fsp3) is 0. The molecule has 4 nitrogen and oxygen atoms in total. The van der Waals surface area contributed by atoms with Crippen LogP contribution in [0.25, 0.3) is 97.8 Å². The zero-order valence-electron chi connectivity index (χ0n) is 26.2. The van der Waals surface area contributed by atoms with Crippen molar-refractivity contribution in [1.82, 2.24) is 19.9 Å². The van der Waals surface area contributed by atoms with Gasteiger partial charge in [0.2, 0.25) is 0 Å². The van der Waals surface area contributed by atoms with Gasteiger partial charge in [-0.05, 0) is 61.6 Å². The van der Waals surface area contributed by atoms with E-state index in [9.17, 15) is 0 Å². The van der Waals surface area contributed by atoms with Crippen LogP contribution in [0.5, 0.6) is 0 Å². The third-order valence-corrected chi connectivity index (χ3v) is 10.6. The van der Waals surface area contributed by atoms with Crippen LogP contribution in [-0.2, 0) is 0 Å². The lowest BCUT2D eigenvalue weighted by molar-refractivity contribution is 1.08. The van der Waals surface area contributed by atoms with Crippen molar-refractivity contribution in [3.8, 4) is 45.3 Å². The van der Waals surface area contributed by atoms with E-state index in [1.54, 1.807) is 11.3 Å². The Morgan fingerprint density at radius 3 is 1.84 bits per heavy atom. The topological polar surface area (TPSA) is 51.6 Å². The quantitative estimate of drug-likeness (QED) is 0.192. The molecule has 3 aromatic heterocycles. The van der Waals surface area contributed by atoms with Gasteiger partial charge < -0.3 is 0 Å². The molecule has 0 radical (unpaired) electrons. The lowest BCUT2D eigenvalue weighted by Crippen LogP contribution is -2.00. The van der Waals surface area contributed by atoms with Gasteiger partial charge in [-0.25, -0.2) is 15.0 Å². The number of hydrogen-bond donors (Lipinski definition) is 0. The van der Waals surface area contributed by atoms with Gasteiger partial charge in [-0.3, -0.25) is 4.98 Å². The Bertz CT molecular complexity index is 2890. The molecule has 0 saturated carbocycles. The Hall–Kier alpha value is -6.30. The van der Waals surface area contributed by atoms with Crippen molar-refractivity contribution in [2.75, 3.05) is 0 Å². The first-order chi connectivity index (χ1) is 24.2. The SMILES string of the molecule is c1ccc2cc(-c3nc(-c4ccc(-c5cccc6ccccc56)cc4)nc(-c4ccc5c(ccc6c7ccncc7sc56)c4)n3)ccc2c1. The fourth-order valence-electron chi connectivity index (χ4n) is 6.92. The van der Waals surface area contributed by atoms with Crippen LogP contribution >= 0.6 is 11.3 Å². The number of pyridine rings is 1. The van der Waals surface area contributed by atoms with E-state index in [-0.39, 0.29) is 0 Å². The lowest BCUT2D eigenvalue weighted by Gasteiger charge is -2.11. The smallest absolute Gasteiger partial charge is 0.164 e. The molecule has 0 unspecified atom stereocenters. The molecular formula is C44H26N4S. The maximum Gasteiger partial charge on any atom is 0.164 e. The van der Waals surface area contributed by atoms with Crippen molar-refractivity contribution < 1.29 is 0 Å². The van der Waals surface area contributed by atoms with Gasteiger partial charge >= 0.3 is 0 Å². The monoisotopic (exact) mass is 642 g/mol. The summed E-state index contributed by atoms with van der Waals surface area (Å²) in [6, 6.07) is 51.4. The highest BCUT2D eigenvalue weighted by Gasteiger charge is 2.15. The van der Waals surface area contributed by atoms with E-state index in [1.165, 1.54) is 47.3 Å². The summed E-state index contributed by atoms with van der Waals surface area (Å²) in [5.41, 5.74) is 5.21. The van der Waals surface area contributed by atoms with Gasteiger partial charge in [0.15, 0.2) is 17.5 Å². The van der Waals surface area contributed by atoms with Crippen LogP contribution in [0.2, 0.25) is 0 Å². The highest BCUT2D eigenvalue weighted by atomic mass is 32.1. The van der Waals surface area contributed by atoms with E-state index < -0.39 is 0 Å². The minimum Gasteiger partial charge on any atom is -0.263 e. The van der Waals surface area contributed by atoms with E-state index >= 15 is 0 Å². The zero-order valence-corrected chi connectivity index (χ0v) is 27.0. The molecule has 10 rings (SSSR count). The number of hydrogen-bond acceptors (Lipinski definition) is 5. The second-order valence-corrected chi connectivity index (χ2v) is 13.4. The van der Waals surface area contributed by atoms with E-state index in [0.717, 1.165) is 33.0 Å². The maximum atomic E-state index is 5.09. The number of rotatable bonds is 4. The number of fused-ring (bicyclic) bond motifs is 7. The maximum absolute atomic E-state index is 5.09. The standard InChI is InChI=1S/C44H26N4S/c1-2-8-31-24-33(17-12-27(31)6-1)43-46-42(30-15-13-29(14-16-30)36-11-5-9-28-7-3-4-10-35(28)36)47-44(48-43)34-19-20-37-32(25-34)18-21-39-38-22-23-45-26-40(38)49-41(37)39/h1-26H. The molecule has 0 aliphatic rings. The molecule has 0 N–H and O–H groups in total. The third kappa shape index (κ3) is 4.74. The molecule has 228 valence electrons. The summed E-state index contributed by atoms with van der Waals surface area (Å²) in [4.78, 5) is 19.6. The number of nitrogens with zero attached hydrogens (tertiary/aromatic N) is 4. The first-order valence-corrected chi connectivity index (χ1v) is 17.1. The van der Waals surface area contributed by atoms with Gasteiger partial charge in [0.05, 0.1) is 4.70 Å². The Morgan fingerprint density at radius 1 is 0.388 bits per heavy atom. The third-order valence-electron chi connectivity index (χ3n) is 9.40. The minimum atomic E-state index is 0.644. The van der Waals surface area contributed by atoms with Crippen LogP contribution in [0.1, 0.15) is 0 Å².